The molecule has 0 aliphatic heterocycles. The maximum absolute atomic E-state index is 10.7. The summed E-state index contributed by atoms with van der Waals surface area (Å²) in [6.45, 7) is 1.58. The molecule has 1 aromatic heterocycles. The van der Waals surface area contributed by atoms with Gasteiger partial charge in [-0.1, -0.05) is 0 Å². The van der Waals surface area contributed by atoms with Crippen molar-refractivity contribution in [1.29, 1.82) is 0 Å². The van der Waals surface area contributed by atoms with Crippen LogP contribution in [0.3, 0.4) is 0 Å². The molecule has 6 heteroatoms. The third-order valence-corrected chi connectivity index (χ3v) is 2.74. The number of aromatic nitrogens is 3. The van der Waals surface area contributed by atoms with Crippen LogP contribution < -0.4 is 5.32 Å². The van der Waals surface area contributed by atoms with Crippen molar-refractivity contribution in [1.82, 2.24) is 20.1 Å². The van der Waals surface area contributed by atoms with E-state index in [0.717, 1.165) is 24.5 Å². The van der Waals surface area contributed by atoms with Crippen LogP contribution in [0.25, 0.3) is 0 Å². The van der Waals surface area contributed by atoms with Crippen LogP contribution >= 0.6 is 0 Å². The molecule has 0 aromatic carbocycles. The van der Waals surface area contributed by atoms with Crippen LogP contribution in [0.4, 0.5) is 0 Å². The van der Waals surface area contributed by atoms with E-state index >= 15 is 0 Å². The number of nitrogens with one attached hydrogen (secondary N) is 1. The Balaban J connectivity index is 2.10. The summed E-state index contributed by atoms with van der Waals surface area (Å²) < 4.78 is 12.5. The van der Waals surface area contributed by atoms with Crippen LogP contribution in [0.15, 0.2) is 6.33 Å². The van der Waals surface area contributed by atoms with Crippen LogP contribution in [-0.4, -0.2) is 37.5 Å². The van der Waals surface area contributed by atoms with Crippen LogP contribution in [0.5, 0.6) is 0 Å². The Morgan fingerprint density at radius 3 is 3.00 bits per heavy atom. The van der Waals surface area contributed by atoms with Gasteiger partial charge in [0.25, 0.3) is 0 Å². The Labute approximate surface area is 86.4 Å². The first-order valence-corrected chi connectivity index (χ1v) is 6.26. The highest BCUT2D eigenvalue weighted by atomic mass is 32.2. The topological polar surface area (TPSA) is 59.8 Å². The van der Waals surface area contributed by atoms with Crippen LogP contribution in [0.2, 0.25) is 0 Å². The molecule has 0 radical (unpaired) electrons. The highest BCUT2D eigenvalue weighted by Gasteiger charge is 1.98. The molecule has 1 unspecified atom stereocenters. The van der Waals surface area contributed by atoms with Gasteiger partial charge in [-0.15, -0.1) is 0 Å². The first-order chi connectivity index (χ1) is 6.70. The quantitative estimate of drug-likeness (QED) is 0.662. The third-order valence-electron chi connectivity index (χ3n) is 1.87. The second-order valence-electron chi connectivity index (χ2n) is 3.11. The molecule has 0 aliphatic carbocycles. The lowest BCUT2D eigenvalue weighted by Crippen LogP contribution is -2.19. The molecule has 0 saturated carbocycles. The summed E-state index contributed by atoms with van der Waals surface area (Å²) in [4.78, 5) is 4.08. The van der Waals surface area contributed by atoms with Gasteiger partial charge in [0.2, 0.25) is 0 Å². The van der Waals surface area contributed by atoms with Crippen molar-refractivity contribution >= 4 is 10.8 Å². The van der Waals surface area contributed by atoms with Crippen LogP contribution in [-0.2, 0) is 24.4 Å². The van der Waals surface area contributed by atoms with Gasteiger partial charge in [0.1, 0.15) is 12.2 Å². The third kappa shape index (κ3) is 3.97. The molecule has 1 N–H and O–H groups in total. The number of hydrogen-bond donors (Lipinski definition) is 1. The average molecular weight is 216 g/mol. The van der Waals surface area contributed by atoms with Crippen molar-refractivity contribution in [3.05, 3.63) is 12.2 Å². The molecule has 0 bridgehead atoms. The van der Waals surface area contributed by atoms with Gasteiger partial charge in [0.05, 0.1) is 6.54 Å². The molecule has 0 aliphatic rings. The van der Waals surface area contributed by atoms with Gasteiger partial charge in [-0.3, -0.25) is 8.89 Å². The smallest absolute Gasteiger partial charge is 0.140 e. The van der Waals surface area contributed by atoms with Crippen LogP contribution in [0, 0.1) is 0 Å². The SMILES string of the molecule is Cn1ncnc1CNCCCS(C)=O. The summed E-state index contributed by atoms with van der Waals surface area (Å²) in [6.07, 6.45) is 4.20. The van der Waals surface area contributed by atoms with Crippen molar-refractivity contribution in [2.24, 2.45) is 7.05 Å². The molecule has 14 heavy (non-hydrogen) atoms. The van der Waals surface area contributed by atoms with E-state index in [1.165, 1.54) is 6.33 Å². The van der Waals surface area contributed by atoms with Crippen molar-refractivity contribution in [3.63, 3.8) is 0 Å². The number of rotatable bonds is 6. The Morgan fingerprint density at radius 2 is 2.43 bits per heavy atom. The Bertz CT molecular complexity index is 299. The largest absolute Gasteiger partial charge is 0.310 e. The van der Waals surface area contributed by atoms with Crippen molar-refractivity contribution in [2.45, 2.75) is 13.0 Å². The monoisotopic (exact) mass is 216 g/mol. The van der Waals surface area contributed by atoms with Gasteiger partial charge >= 0.3 is 0 Å². The molecular weight excluding hydrogens is 200 g/mol. The molecule has 5 nitrogen and oxygen atoms in total. The summed E-state index contributed by atoms with van der Waals surface area (Å²) in [5.41, 5.74) is 0. The Hall–Kier alpha value is -0.750. The molecule has 1 aromatic rings. The Kier molecular flexibility index (Phi) is 4.75. The van der Waals surface area contributed by atoms with Gasteiger partial charge in [0.15, 0.2) is 0 Å². The van der Waals surface area contributed by atoms with Gasteiger partial charge in [-0.25, -0.2) is 4.98 Å². The summed E-state index contributed by atoms with van der Waals surface area (Å²) in [7, 11) is 1.18. The highest BCUT2D eigenvalue weighted by Crippen LogP contribution is 1.89. The van der Waals surface area contributed by atoms with E-state index < -0.39 is 10.8 Å². The van der Waals surface area contributed by atoms with E-state index in [1.54, 1.807) is 10.9 Å². The molecule has 0 saturated heterocycles. The summed E-state index contributed by atoms with van der Waals surface area (Å²) >= 11 is 0. The number of aryl methyl sites for hydroxylation is 1. The maximum atomic E-state index is 10.7. The molecule has 0 spiro atoms. The predicted molar refractivity (Wildman–Crippen MR) is 56.3 cm³/mol. The molecule has 1 rings (SSSR count). The van der Waals surface area contributed by atoms with Gasteiger partial charge in [-0.2, -0.15) is 5.10 Å². The van der Waals surface area contributed by atoms with Crippen molar-refractivity contribution < 1.29 is 4.21 Å². The summed E-state index contributed by atoms with van der Waals surface area (Å²) in [5.74, 6) is 1.67. The fraction of sp³-hybridized carbons (Fsp3) is 0.750. The lowest BCUT2D eigenvalue weighted by atomic mass is 10.4. The summed E-state index contributed by atoms with van der Waals surface area (Å²) in [6, 6.07) is 0. The fourth-order valence-corrected chi connectivity index (χ4v) is 1.63. The Morgan fingerprint density at radius 1 is 1.64 bits per heavy atom. The fourth-order valence-electron chi connectivity index (χ4n) is 1.08. The molecule has 80 valence electrons. The molecular formula is C8H16N4OS. The normalized spacial score (nSPS) is 13.0. The zero-order chi connectivity index (χ0) is 10.4. The standard InChI is InChI=1S/C8H16N4OS/c1-12-8(10-7-11-12)6-9-4-3-5-14(2)13/h7,9H,3-6H2,1-2H3. The molecule has 1 atom stereocenters. The van der Waals surface area contributed by atoms with Gasteiger partial charge in [0, 0.05) is 29.9 Å². The first kappa shape index (κ1) is 11.3. The second kappa shape index (κ2) is 5.87. The average Bonchev–Trinajstić information content (AvgIpc) is 2.51. The van der Waals surface area contributed by atoms with E-state index in [4.69, 9.17) is 0 Å². The van der Waals surface area contributed by atoms with Crippen molar-refractivity contribution in [2.75, 3.05) is 18.6 Å². The maximum Gasteiger partial charge on any atom is 0.140 e. The molecule has 0 amide bonds. The van der Waals surface area contributed by atoms with Crippen molar-refractivity contribution in [3.8, 4) is 0 Å². The van der Waals surface area contributed by atoms with Gasteiger partial charge < -0.3 is 5.32 Å². The molecule has 1 heterocycles. The lowest BCUT2D eigenvalue weighted by molar-refractivity contribution is 0.608. The minimum Gasteiger partial charge on any atom is -0.310 e. The number of hydrogen-bond acceptors (Lipinski definition) is 4. The minimum atomic E-state index is -0.683. The van der Waals surface area contributed by atoms with E-state index in [-0.39, 0.29) is 0 Å². The van der Waals surface area contributed by atoms with Crippen LogP contribution in [0.1, 0.15) is 12.2 Å². The van der Waals surface area contributed by atoms with E-state index in [9.17, 15) is 4.21 Å². The summed E-state index contributed by atoms with van der Waals surface area (Å²) in [5, 5.41) is 7.19. The van der Waals surface area contributed by atoms with Gasteiger partial charge in [-0.05, 0) is 13.0 Å². The lowest BCUT2D eigenvalue weighted by Gasteiger charge is -2.02. The zero-order valence-corrected chi connectivity index (χ0v) is 9.38. The minimum absolute atomic E-state index is 0.683. The first-order valence-electron chi connectivity index (χ1n) is 4.54. The van der Waals surface area contributed by atoms with E-state index in [0.29, 0.717) is 6.54 Å². The predicted octanol–water partition coefficient (Wildman–Crippen LogP) is -0.327. The molecule has 0 fully saturated rings. The van der Waals surface area contributed by atoms with E-state index in [1.807, 2.05) is 7.05 Å². The second-order valence-corrected chi connectivity index (χ2v) is 4.66. The highest BCUT2D eigenvalue weighted by molar-refractivity contribution is 7.84. The zero-order valence-electron chi connectivity index (χ0n) is 8.56. The number of nitrogens with zero attached hydrogens (tertiary/aromatic N) is 3. The van der Waals surface area contributed by atoms with E-state index in [2.05, 4.69) is 15.4 Å².